The number of benzene rings is 1. The van der Waals surface area contributed by atoms with Crippen molar-refractivity contribution in [2.75, 3.05) is 13.2 Å². The zero-order valence-corrected chi connectivity index (χ0v) is 14.1. The van der Waals surface area contributed by atoms with Gasteiger partial charge in [-0.3, -0.25) is 0 Å². The van der Waals surface area contributed by atoms with Gasteiger partial charge in [0.05, 0.1) is 23.8 Å². The predicted octanol–water partition coefficient (Wildman–Crippen LogP) is 2.19. The number of carboxylic acids is 1. The lowest BCUT2D eigenvalue weighted by molar-refractivity contribution is -0.139. The molecule has 1 rings (SSSR count). The Kier molecular flexibility index (Phi) is 8.35. The molecule has 0 aliphatic rings. The minimum absolute atomic E-state index is 0.0612. The van der Waals surface area contributed by atoms with Gasteiger partial charge >= 0.3 is 17.9 Å². The molecule has 0 aliphatic carbocycles. The summed E-state index contributed by atoms with van der Waals surface area (Å²) in [6.45, 7) is 5.01. The van der Waals surface area contributed by atoms with Gasteiger partial charge in [0.15, 0.2) is 0 Å². The van der Waals surface area contributed by atoms with Crippen LogP contribution < -0.4 is 0 Å². The van der Waals surface area contributed by atoms with E-state index in [2.05, 4.69) is 6.58 Å². The molecule has 1 atom stereocenters. The highest BCUT2D eigenvalue weighted by Gasteiger charge is 2.18. The lowest BCUT2D eigenvalue weighted by Crippen LogP contribution is -2.20. The Morgan fingerprint density at radius 2 is 1.76 bits per heavy atom. The van der Waals surface area contributed by atoms with E-state index in [0.29, 0.717) is 24.8 Å². The van der Waals surface area contributed by atoms with Crippen molar-refractivity contribution in [3.63, 3.8) is 0 Å². The summed E-state index contributed by atoms with van der Waals surface area (Å²) in [7, 11) is 0. The van der Waals surface area contributed by atoms with Gasteiger partial charge < -0.3 is 19.7 Å². The molecule has 25 heavy (non-hydrogen) atoms. The number of aromatic carboxylic acids is 1. The second-order valence-corrected chi connectivity index (χ2v) is 5.52. The average molecular weight is 350 g/mol. The lowest BCUT2D eigenvalue weighted by atomic mass is 10.1. The van der Waals surface area contributed by atoms with Crippen LogP contribution in [-0.2, 0) is 14.3 Å². The molecule has 0 fully saturated rings. The van der Waals surface area contributed by atoms with Gasteiger partial charge in [0, 0.05) is 5.57 Å². The topological polar surface area (TPSA) is 110 Å². The number of carbonyl (C=O) groups excluding carboxylic acids is 2. The number of ether oxygens (including phenoxy) is 2. The standard InChI is InChI=1S/C18H22O7/c1-12(2)17(22)24-10-6-5-7-13(19)11-25-18(23)15-9-4-3-8-14(15)16(20)21/h3-4,8-9,13,19H,1,5-7,10-11H2,2H3,(H,20,21). The molecule has 1 aromatic carbocycles. The predicted molar refractivity (Wildman–Crippen MR) is 89.3 cm³/mol. The summed E-state index contributed by atoms with van der Waals surface area (Å²) in [5, 5.41) is 18.8. The van der Waals surface area contributed by atoms with Crippen LogP contribution in [0.15, 0.2) is 36.4 Å². The van der Waals surface area contributed by atoms with Crippen LogP contribution in [0, 0.1) is 0 Å². The molecule has 0 aliphatic heterocycles. The summed E-state index contributed by atoms with van der Waals surface area (Å²) >= 11 is 0. The second-order valence-electron chi connectivity index (χ2n) is 5.52. The van der Waals surface area contributed by atoms with Crippen molar-refractivity contribution in [2.45, 2.75) is 32.3 Å². The van der Waals surface area contributed by atoms with Crippen LogP contribution in [0.3, 0.4) is 0 Å². The first-order valence-electron chi connectivity index (χ1n) is 7.83. The van der Waals surface area contributed by atoms with E-state index < -0.39 is 24.0 Å². The van der Waals surface area contributed by atoms with Crippen molar-refractivity contribution < 1.29 is 34.1 Å². The zero-order valence-electron chi connectivity index (χ0n) is 14.1. The fraction of sp³-hybridized carbons (Fsp3) is 0.389. The molecular weight excluding hydrogens is 328 g/mol. The summed E-state index contributed by atoms with van der Waals surface area (Å²) in [5.74, 6) is -2.48. The van der Waals surface area contributed by atoms with Crippen molar-refractivity contribution in [3.05, 3.63) is 47.5 Å². The summed E-state index contributed by atoms with van der Waals surface area (Å²) < 4.78 is 9.87. The summed E-state index contributed by atoms with van der Waals surface area (Å²) in [6, 6.07) is 5.71. The molecule has 7 nitrogen and oxygen atoms in total. The largest absolute Gasteiger partial charge is 0.478 e. The zero-order chi connectivity index (χ0) is 18.8. The first-order chi connectivity index (χ1) is 11.8. The third-order valence-corrected chi connectivity index (χ3v) is 3.30. The van der Waals surface area contributed by atoms with Crippen molar-refractivity contribution in [1.29, 1.82) is 0 Å². The smallest absolute Gasteiger partial charge is 0.339 e. The molecule has 0 aromatic heterocycles. The number of carbonyl (C=O) groups is 3. The molecule has 0 amide bonds. The minimum atomic E-state index is -1.22. The number of carboxylic acid groups (broad SMARTS) is 1. The fourth-order valence-corrected chi connectivity index (χ4v) is 1.95. The van der Waals surface area contributed by atoms with E-state index in [1.165, 1.54) is 24.3 Å². The lowest BCUT2D eigenvalue weighted by Gasteiger charge is -2.12. The SMILES string of the molecule is C=C(C)C(=O)OCCCCC(O)COC(=O)c1ccccc1C(=O)O. The number of esters is 2. The fourth-order valence-electron chi connectivity index (χ4n) is 1.95. The van der Waals surface area contributed by atoms with E-state index in [-0.39, 0.29) is 24.3 Å². The van der Waals surface area contributed by atoms with Gasteiger partial charge in [-0.25, -0.2) is 14.4 Å². The third kappa shape index (κ3) is 7.17. The van der Waals surface area contributed by atoms with Gasteiger partial charge in [-0.1, -0.05) is 18.7 Å². The normalized spacial score (nSPS) is 11.4. The molecule has 1 aromatic rings. The monoisotopic (exact) mass is 350 g/mol. The molecular formula is C18H22O7. The second kappa shape index (κ2) is 10.2. The Morgan fingerprint density at radius 1 is 1.12 bits per heavy atom. The molecule has 0 saturated carbocycles. The van der Waals surface area contributed by atoms with E-state index in [9.17, 15) is 19.5 Å². The highest BCUT2D eigenvalue weighted by atomic mass is 16.5. The van der Waals surface area contributed by atoms with Gasteiger partial charge in [0.25, 0.3) is 0 Å². The van der Waals surface area contributed by atoms with E-state index in [0.717, 1.165) is 0 Å². The van der Waals surface area contributed by atoms with Crippen molar-refractivity contribution in [3.8, 4) is 0 Å². The molecule has 0 bridgehead atoms. The quantitative estimate of drug-likeness (QED) is 0.378. The molecule has 0 radical (unpaired) electrons. The van der Waals surface area contributed by atoms with E-state index in [4.69, 9.17) is 14.6 Å². The van der Waals surface area contributed by atoms with Crippen molar-refractivity contribution in [1.82, 2.24) is 0 Å². The van der Waals surface area contributed by atoms with Crippen LogP contribution >= 0.6 is 0 Å². The molecule has 7 heteroatoms. The van der Waals surface area contributed by atoms with Crippen LogP contribution in [0.5, 0.6) is 0 Å². The van der Waals surface area contributed by atoms with E-state index in [1.807, 2.05) is 0 Å². The van der Waals surface area contributed by atoms with Crippen molar-refractivity contribution >= 4 is 17.9 Å². The molecule has 136 valence electrons. The molecule has 0 heterocycles. The molecule has 1 unspecified atom stereocenters. The minimum Gasteiger partial charge on any atom is -0.478 e. The van der Waals surface area contributed by atoms with Gasteiger partial charge in [-0.05, 0) is 38.3 Å². The molecule has 2 N–H and O–H groups in total. The number of hydrogen-bond acceptors (Lipinski definition) is 6. The van der Waals surface area contributed by atoms with E-state index in [1.54, 1.807) is 6.92 Å². The van der Waals surface area contributed by atoms with Crippen molar-refractivity contribution in [2.24, 2.45) is 0 Å². The molecule has 0 saturated heterocycles. The summed E-state index contributed by atoms with van der Waals surface area (Å²) in [6.07, 6.45) is 0.621. The van der Waals surface area contributed by atoms with Gasteiger partial charge in [-0.2, -0.15) is 0 Å². The number of aliphatic hydroxyl groups is 1. The number of hydrogen-bond donors (Lipinski definition) is 2. The Balaban J connectivity index is 2.31. The van der Waals surface area contributed by atoms with E-state index >= 15 is 0 Å². The number of rotatable bonds is 10. The average Bonchev–Trinajstić information content (AvgIpc) is 2.58. The van der Waals surface area contributed by atoms with Crippen LogP contribution in [0.25, 0.3) is 0 Å². The summed E-state index contributed by atoms with van der Waals surface area (Å²) in [4.78, 5) is 34.1. The Bertz CT molecular complexity index is 636. The summed E-state index contributed by atoms with van der Waals surface area (Å²) in [5.41, 5.74) is 0.115. The highest BCUT2D eigenvalue weighted by Crippen LogP contribution is 2.11. The maximum absolute atomic E-state index is 11.9. The maximum atomic E-state index is 11.9. The van der Waals surface area contributed by atoms with Gasteiger partial charge in [0.1, 0.15) is 6.61 Å². The molecule has 0 spiro atoms. The van der Waals surface area contributed by atoms with Crippen LogP contribution in [0.4, 0.5) is 0 Å². The van der Waals surface area contributed by atoms with Crippen LogP contribution in [0.2, 0.25) is 0 Å². The van der Waals surface area contributed by atoms with Gasteiger partial charge in [-0.15, -0.1) is 0 Å². The first kappa shape index (κ1) is 20.4. The Morgan fingerprint density at radius 3 is 2.36 bits per heavy atom. The van der Waals surface area contributed by atoms with Crippen LogP contribution in [-0.4, -0.2) is 47.4 Å². The Hall–Kier alpha value is -2.67. The van der Waals surface area contributed by atoms with Crippen LogP contribution in [0.1, 0.15) is 46.9 Å². The maximum Gasteiger partial charge on any atom is 0.339 e. The highest BCUT2D eigenvalue weighted by molar-refractivity contribution is 6.02. The Labute approximate surface area is 145 Å². The van der Waals surface area contributed by atoms with Gasteiger partial charge in [0.2, 0.25) is 0 Å². The number of unbranched alkanes of at least 4 members (excludes halogenated alkanes) is 1. The third-order valence-electron chi connectivity index (χ3n) is 3.30. The number of aliphatic hydroxyl groups excluding tert-OH is 1. The first-order valence-corrected chi connectivity index (χ1v) is 7.83.